The SMILES string of the molecule is C.CCCCCCCCCCCCCCCCCCO.CCCCCCCCCCCCCCCCCCOC(=O)/C=C\C(=O)O.CCCCCCCCCCCCCCCCCCOC(=O)/C=C\C(=O)OCCO.O=C1C=CC(=O)O1. The molecule has 0 atom stereocenters. The number of carboxylic acids is 1. The molecule has 0 amide bonds. The molecule has 0 aliphatic carbocycles. The van der Waals surface area contributed by atoms with Crippen molar-refractivity contribution in [2.24, 2.45) is 0 Å². The van der Waals surface area contributed by atoms with E-state index < -0.39 is 35.8 Å². The highest BCUT2D eigenvalue weighted by atomic mass is 16.6. The minimum absolute atomic E-state index is 0. The Morgan fingerprint density at radius 1 is 0.329 bits per heavy atom. The second-order valence-electron chi connectivity index (χ2n) is 21.9. The Morgan fingerprint density at radius 3 is 0.732 bits per heavy atom. The number of hydrogen-bond donors (Lipinski definition) is 3. The van der Waals surface area contributed by atoms with Crippen molar-refractivity contribution < 1.29 is 63.0 Å². The molecule has 82 heavy (non-hydrogen) atoms. The van der Waals surface area contributed by atoms with Crippen molar-refractivity contribution in [3.05, 3.63) is 36.5 Å². The fourth-order valence-corrected chi connectivity index (χ4v) is 9.17. The van der Waals surface area contributed by atoms with Crippen LogP contribution < -0.4 is 0 Å². The maximum absolute atomic E-state index is 11.4. The van der Waals surface area contributed by atoms with Crippen LogP contribution in [0.5, 0.6) is 0 Å². The van der Waals surface area contributed by atoms with Crippen LogP contribution >= 0.6 is 0 Å². The van der Waals surface area contributed by atoms with Crippen LogP contribution in [0.25, 0.3) is 0 Å². The van der Waals surface area contributed by atoms with Crippen molar-refractivity contribution in [1.82, 2.24) is 0 Å². The van der Waals surface area contributed by atoms with Gasteiger partial charge in [0, 0.05) is 43.1 Å². The molecule has 0 fully saturated rings. The molecule has 1 heterocycles. The molecule has 0 saturated heterocycles. The predicted molar refractivity (Wildman–Crippen MR) is 339 cm³/mol. The van der Waals surface area contributed by atoms with Crippen LogP contribution in [0.4, 0.5) is 0 Å². The normalized spacial score (nSPS) is 11.5. The second kappa shape index (κ2) is 75.2. The largest absolute Gasteiger partial charge is 0.478 e. The first-order valence-corrected chi connectivity index (χ1v) is 33.3. The minimum Gasteiger partial charge on any atom is -0.478 e. The van der Waals surface area contributed by atoms with Gasteiger partial charge in [-0.1, -0.05) is 317 Å². The van der Waals surface area contributed by atoms with Crippen molar-refractivity contribution in [1.29, 1.82) is 0 Å². The number of aliphatic hydroxyl groups is 2. The summed E-state index contributed by atoms with van der Waals surface area (Å²) in [6.45, 7) is 7.64. The standard InChI is InChI=1S/C24H44O5.C22H40O4.C18H38O.C4H2O3.CH4/c1-2-3-4-5-6-7-8-9-10-11-12-13-14-15-16-17-21-28-23(26)18-19-24(27)29-22-20-25;1-2-3-4-5-6-7-8-9-10-11-12-13-14-15-16-17-20-26-22(25)19-18-21(23)24;1-2-3-4-5-6-7-8-9-10-11-12-13-14-15-16-17-18-19;5-3-1-2-4(6)7-3;/h18-19,25H,2-17,20-22H2,1H3;18-19H,2-17,20H2,1H3,(H,23,24);19H,2-18H2,1H3;1-2H;1H4/b2*19-18-;;;. The third-order valence-corrected chi connectivity index (χ3v) is 14.1. The molecule has 1 rings (SSSR count). The van der Waals surface area contributed by atoms with Crippen molar-refractivity contribution in [2.75, 3.05) is 33.0 Å². The number of rotatable bonds is 56. The smallest absolute Gasteiger partial charge is 0.338 e. The number of unbranched alkanes of at least 4 members (excludes halogenated alkanes) is 45. The zero-order valence-electron chi connectivity index (χ0n) is 52.4. The molecule has 482 valence electrons. The van der Waals surface area contributed by atoms with E-state index in [0.717, 1.165) is 68.6 Å². The highest BCUT2D eigenvalue weighted by Gasteiger charge is 2.10. The van der Waals surface area contributed by atoms with Gasteiger partial charge >= 0.3 is 35.8 Å². The van der Waals surface area contributed by atoms with E-state index in [4.69, 9.17) is 24.8 Å². The number of carbonyl (C=O) groups is 6. The van der Waals surface area contributed by atoms with E-state index in [1.165, 1.54) is 276 Å². The van der Waals surface area contributed by atoms with Gasteiger partial charge in [0.15, 0.2) is 0 Å². The van der Waals surface area contributed by atoms with Gasteiger partial charge in [0.2, 0.25) is 0 Å². The summed E-state index contributed by atoms with van der Waals surface area (Å²) in [6.07, 6.45) is 70.1. The Bertz CT molecular complexity index is 1440. The van der Waals surface area contributed by atoms with E-state index in [0.29, 0.717) is 19.8 Å². The summed E-state index contributed by atoms with van der Waals surface area (Å²) in [4.78, 5) is 63.8. The molecule has 0 radical (unpaired) electrons. The summed E-state index contributed by atoms with van der Waals surface area (Å²) in [5, 5.41) is 25.6. The van der Waals surface area contributed by atoms with E-state index in [2.05, 4.69) is 30.2 Å². The van der Waals surface area contributed by atoms with Gasteiger partial charge in [0.25, 0.3) is 0 Å². The van der Waals surface area contributed by atoms with Crippen LogP contribution in [-0.2, 0) is 47.7 Å². The maximum Gasteiger partial charge on any atom is 0.338 e. The van der Waals surface area contributed by atoms with Crippen molar-refractivity contribution in [3.63, 3.8) is 0 Å². The number of cyclic esters (lactones) is 2. The van der Waals surface area contributed by atoms with Crippen molar-refractivity contribution >= 4 is 35.8 Å². The Hall–Kier alpha value is -3.84. The molecule has 1 aliphatic rings. The third kappa shape index (κ3) is 80.4. The number of aliphatic carboxylic acids is 1. The summed E-state index contributed by atoms with van der Waals surface area (Å²) >= 11 is 0. The molecule has 0 aromatic rings. The van der Waals surface area contributed by atoms with Crippen molar-refractivity contribution in [3.8, 4) is 0 Å². The summed E-state index contributed by atoms with van der Waals surface area (Å²) in [5.41, 5.74) is 0. The summed E-state index contributed by atoms with van der Waals surface area (Å²) in [5.74, 6) is -4.06. The first kappa shape index (κ1) is 84.6. The van der Waals surface area contributed by atoms with Gasteiger partial charge in [0.05, 0.1) is 19.8 Å². The number of aliphatic hydroxyl groups excluding tert-OH is 2. The van der Waals surface area contributed by atoms with Gasteiger partial charge in [-0.15, -0.1) is 0 Å². The zero-order valence-corrected chi connectivity index (χ0v) is 52.4. The molecule has 13 heteroatoms. The molecule has 0 saturated carbocycles. The third-order valence-electron chi connectivity index (χ3n) is 14.1. The zero-order chi connectivity index (χ0) is 60.0. The lowest BCUT2D eigenvalue weighted by Gasteiger charge is -2.04. The van der Waals surface area contributed by atoms with Crippen molar-refractivity contribution in [2.45, 2.75) is 336 Å². The summed E-state index contributed by atoms with van der Waals surface area (Å²) in [7, 11) is 0. The minimum atomic E-state index is -1.13. The number of esters is 5. The van der Waals surface area contributed by atoms with Crippen LogP contribution in [-0.4, -0.2) is 84.2 Å². The number of hydrogen-bond acceptors (Lipinski definition) is 12. The molecule has 0 unspecified atom stereocenters. The van der Waals surface area contributed by atoms with E-state index in [1.807, 2.05) is 0 Å². The lowest BCUT2D eigenvalue weighted by Crippen LogP contribution is -2.07. The Kier molecular flexibility index (Phi) is 77.6. The second-order valence-corrected chi connectivity index (χ2v) is 21.9. The van der Waals surface area contributed by atoms with E-state index in [9.17, 15) is 28.8 Å². The van der Waals surface area contributed by atoms with Gasteiger partial charge in [0.1, 0.15) is 6.61 Å². The molecule has 0 aromatic carbocycles. The van der Waals surface area contributed by atoms with Gasteiger partial charge in [-0.25, -0.2) is 28.8 Å². The van der Waals surface area contributed by atoms with Gasteiger partial charge in [-0.3, -0.25) is 0 Å². The number of ether oxygens (including phenoxy) is 4. The van der Waals surface area contributed by atoms with Gasteiger partial charge in [-0.2, -0.15) is 0 Å². The van der Waals surface area contributed by atoms with Crippen LogP contribution in [0, 0.1) is 0 Å². The molecular weight excluding hydrogens is 1040 g/mol. The monoisotopic (exact) mass is 1160 g/mol. The van der Waals surface area contributed by atoms with Gasteiger partial charge < -0.3 is 34.3 Å². The fourth-order valence-electron chi connectivity index (χ4n) is 9.17. The molecular formula is C69H128O13. The molecule has 13 nitrogen and oxygen atoms in total. The van der Waals surface area contributed by atoms with Crippen LogP contribution in [0.15, 0.2) is 36.5 Å². The fraction of sp³-hybridized carbons (Fsp3) is 0.826. The molecule has 0 bridgehead atoms. The first-order valence-electron chi connectivity index (χ1n) is 33.3. The Morgan fingerprint density at radius 2 is 0.537 bits per heavy atom. The highest BCUT2D eigenvalue weighted by Crippen LogP contribution is 2.17. The topological polar surface area (TPSA) is 200 Å². The summed E-state index contributed by atoms with van der Waals surface area (Å²) in [6, 6.07) is 0. The Balaban J connectivity index is -0.000000528. The van der Waals surface area contributed by atoms with Crippen LogP contribution in [0.1, 0.15) is 336 Å². The molecule has 1 aliphatic heterocycles. The number of carbonyl (C=O) groups excluding carboxylic acids is 5. The van der Waals surface area contributed by atoms with E-state index in [1.54, 1.807) is 0 Å². The summed E-state index contributed by atoms with van der Waals surface area (Å²) < 4.78 is 18.5. The molecule has 0 spiro atoms. The van der Waals surface area contributed by atoms with E-state index in [-0.39, 0.29) is 20.6 Å². The first-order chi connectivity index (χ1) is 39.6. The van der Waals surface area contributed by atoms with Gasteiger partial charge in [-0.05, 0) is 19.3 Å². The van der Waals surface area contributed by atoms with Crippen LogP contribution in [0.2, 0.25) is 0 Å². The molecule has 3 N–H and O–H groups in total. The average molecular weight is 1170 g/mol. The lowest BCUT2D eigenvalue weighted by atomic mass is 10.0. The highest BCUT2D eigenvalue weighted by molar-refractivity contribution is 6.04. The predicted octanol–water partition coefficient (Wildman–Crippen LogP) is 18.8. The number of carboxylic acid groups (broad SMARTS) is 1. The van der Waals surface area contributed by atoms with E-state index >= 15 is 0 Å². The lowest BCUT2D eigenvalue weighted by molar-refractivity contribution is -0.150. The van der Waals surface area contributed by atoms with Crippen LogP contribution in [0.3, 0.4) is 0 Å². The quantitative estimate of drug-likeness (QED) is 0.0171. The Labute approximate surface area is 502 Å². The molecule has 0 aromatic heterocycles. The maximum atomic E-state index is 11.4. The average Bonchev–Trinajstić information content (AvgIpc) is 3.86.